The Morgan fingerprint density at radius 1 is 1.24 bits per heavy atom. The van der Waals surface area contributed by atoms with Crippen molar-refractivity contribution in [1.82, 2.24) is 5.32 Å². The van der Waals surface area contributed by atoms with Crippen LogP contribution in [0.2, 0.25) is 0 Å². The molecule has 0 saturated heterocycles. The minimum absolute atomic E-state index is 0.0336. The molecule has 0 aliphatic carbocycles. The number of halogens is 3. The summed E-state index contributed by atoms with van der Waals surface area (Å²) in [6.45, 7) is 7.48. The van der Waals surface area contributed by atoms with Gasteiger partial charge in [0.15, 0.2) is 0 Å². The molecule has 0 saturated carbocycles. The second-order valence-electron chi connectivity index (χ2n) is 6.13. The van der Waals surface area contributed by atoms with Crippen molar-refractivity contribution >= 4 is 0 Å². The highest BCUT2D eigenvalue weighted by Crippen LogP contribution is 2.31. The van der Waals surface area contributed by atoms with Gasteiger partial charge >= 0.3 is 6.18 Å². The van der Waals surface area contributed by atoms with Gasteiger partial charge in [-0.25, -0.2) is 0 Å². The molecule has 120 valence electrons. The summed E-state index contributed by atoms with van der Waals surface area (Å²) in [5.74, 6) is 0. The van der Waals surface area contributed by atoms with Crippen molar-refractivity contribution in [1.29, 1.82) is 0 Å². The maximum atomic E-state index is 12.7. The summed E-state index contributed by atoms with van der Waals surface area (Å²) >= 11 is 0. The fraction of sp³-hybridized carbons (Fsp3) is 0.625. The molecule has 1 atom stereocenters. The van der Waals surface area contributed by atoms with Crippen molar-refractivity contribution in [3.8, 4) is 0 Å². The molecule has 0 bridgehead atoms. The zero-order chi connectivity index (χ0) is 16.1. The van der Waals surface area contributed by atoms with Crippen LogP contribution in [0.25, 0.3) is 0 Å². The van der Waals surface area contributed by atoms with E-state index in [0.29, 0.717) is 18.7 Å². The topological polar surface area (TPSA) is 21.3 Å². The first-order valence-corrected chi connectivity index (χ1v) is 7.05. The molecular formula is C16H24F3NO. The van der Waals surface area contributed by atoms with Crippen molar-refractivity contribution in [3.05, 3.63) is 35.4 Å². The summed E-state index contributed by atoms with van der Waals surface area (Å²) < 4.78 is 43.2. The fourth-order valence-corrected chi connectivity index (χ4v) is 2.00. The number of hydrogen-bond acceptors (Lipinski definition) is 2. The van der Waals surface area contributed by atoms with Crippen LogP contribution in [0.1, 0.15) is 44.4 Å². The van der Waals surface area contributed by atoms with Gasteiger partial charge in [0.25, 0.3) is 0 Å². The Labute approximate surface area is 124 Å². The Hall–Kier alpha value is -1.07. The lowest BCUT2D eigenvalue weighted by Gasteiger charge is -2.27. The van der Waals surface area contributed by atoms with Crippen LogP contribution in [0.3, 0.4) is 0 Å². The molecule has 2 nitrogen and oxygen atoms in total. The molecule has 0 radical (unpaired) electrons. The molecule has 1 N–H and O–H groups in total. The first kappa shape index (κ1) is 18.0. The lowest BCUT2D eigenvalue weighted by molar-refractivity contribution is -0.137. The van der Waals surface area contributed by atoms with Gasteiger partial charge in [0.05, 0.1) is 5.56 Å². The highest BCUT2D eigenvalue weighted by molar-refractivity contribution is 5.27. The van der Waals surface area contributed by atoms with Gasteiger partial charge in [-0.3, -0.25) is 0 Å². The highest BCUT2D eigenvalue weighted by Gasteiger charge is 2.30. The second-order valence-corrected chi connectivity index (χ2v) is 6.13. The van der Waals surface area contributed by atoms with E-state index in [0.717, 1.165) is 12.5 Å². The quantitative estimate of drug-likeness (QED) is 0.805. The maximum absolute atomic E-state index is 12.7. The SMILES string of the molecule is COCCC(C)(C)CNC(C)c1cccc(C(F)(F)F)c1. The van der Waals surface area contributed by atoms with E-state index in [1.165, 1.54) is 12.1 Å². The van der Waals surface area contributed by atoms with Crippen molar-refractivity contribution < 1.29 is 17.9 Å². The van der Waals surface area contributed by atoms with Crippen LogP contribution in [0.15, 0.2) is 24.3 Å². The van der Waals surface area contributed by atoms with E-state index in [2.05, 4.69) is 19.2 Å². The van der Waals surface area contributed by atoms with Crippen LogP contribution in [0.4, 0.5) is 13.2 Å². The monoisotopic (exact) mass is 303 g/mol. The molecule has 0 aliphatic rings. The molecule has 1 aromatic carbocycles. The van der Waals surface area contributed by atoms with E-state index in [4.69, 9.17) is 4.74 Å². The molecular weight excluding hydrogens is 279 g/mol. The third-order valence-corrected chi connectivity index (χ3v) is 3.58. The normalized spacial score (nSPS) is 14.2. The minimum atomic E-state index is -4.30. The smallest absolute Gasteiger partial charge is 0.385 e. The van der Waals surface area contributed by atoms with Gasteiger partial charge in [-0.2, -0.15) is 13.2 Å². The van der Waals surface area contributed by atoms with E-state index >= 15 is 0 Å². The van der Waals surface area contributed by atoms with E-state index in [-0.39, 0.29) is 11.5 Å². The fourth-order valence-electron chi connectivity index (χ4n) is 2.00. The van der Waals surface area contributed by atoms with Crippen LogP contribution in [-0.2, 0) is 10.9 Å². The Bertz CT molecular complexity index is 443. The third-order valence-electron chi connectivity index (χ3n) is 3.58. The van der Waals surface area contributed by atoms with Crippen LogP contribution in [-0.4, -0.2) is 20.3 Å². The number of alkyl halides is 3. The molecule has 0 aromatic heterocycles. The summed E-state index contributed by atoms with van der Waals surface area (Å²) in [5, 5.41) is 3.30. The second kappa shape index (κ2) is 7.27. The molecule has 0 aliphatic heterocycles. The first-order valence-electron chi connectivity index (χ1n) is 7.05. The van der Waals surface area contributed by atoms with Crippen LogP contribution in [0, 0.1) is 5.41 Å². The Kier molecular flexibility index (Phi) is 6.23. The Morgan fingerprint density at radius 3 is 2.48 bits per heavy atom. The summed E-state index contributed by atoms with van der Waals surface area (Å²) in [6.07, 6.45) is -3.40. The number of rotatable bonds is 7. The van der Waals surface area contributed by atoms with Crippen molar-refractivity contribution in [3.63, 3.8) is 0 Å². The average molecular weight is 303 g/mol. The van der Waals surface area contributed by atoms with E-state index in [1.807, 2.05) is 6.92 Å². The van der Waals surface area contributed by atoms with Crippen molar-refractivity contribution in [2.45, 2.75) is 39.4 Å². The zero-order valence-corrected chi connectivity index (χ0v) is 13.1. The lowest BCUT2D eigenvalue weighted by Crippen LogP contribution is -2.32. The number of hydrogen-bond donors (Lipinski definition) is 1. The average Bonchev–Trinajstić information content (AvgIpc) is 2.42. The van der Waals surface area contributed by atoms with Gasteiger partial charge in [0.2, 0.25) is 0 Å². The van der Waals surface area contributed by atoms with Gasteiger partial charge < -0.3 is 10.1 Å². The zero-order valence-electron chi connectivity index (χ0n) is 13.1. The summed E-state index contributed by atoms with van der Waals surface area (Å²) in [5.41, 5.74) is 0.0750. The van der Waals surface area contributed by atoms with Gasteiger partial charge in [-0.15, -0.1) is 0 Å². The predicted molar refractivity (Wildman–Crippen MR) is 78.1 cm³/mol. The minimum Gasteiger partial charge on any atom is -0.385 e. The summed E-state index contributed by atoms with van der Waals surface area (Å²) in [4.78, 5) is 0. The molecule has 0 amide bonds. The summed E-state index contributed by atoms with van der Waals surface area (Å²) in [6, 6.07) is 5.34. The van der Waals surface area contributed by atoms with Gasteiger partial charge in [-0.05, 0) is 36.5 Å². The third kappa shape index (κ3) is 6.06. The van der Waals surface area contributed by atoms with Crippen molar-refractivity contribution in [2.75, 3.05) is 20.3 Å². The molecule has 0 spiro atoms. The molecule has 1 aromatic rings. The van der Waals surface area contributed by atoms with Gasteiger partial charge in [0, 0.05) is 26.3 Å². The molecule has 0 fully saturated rings. The largest absolute Gasteiger partial charge is 0.416 e. The predicted octanol–water partition coefficient (Wildman–Crippen LogP) is 4.42. The summed E-state index contributed by atoms with van der Waals surface area (Å²) in [7, 11) is 1.66. The van der Waals surface area contributed by atoms with E-state index < -0.39 is 11.7 Å². The Balaban J connectivity index is 2.66. The number of methoxy groups -OCH3 is 1. The number of ether oxygens (including phenoxy) is 1. The molecule has 1 rings (SSSR count). The highest BCUT2D eigenvalue weighted by atomic mass is 19.4. The van der Waals surface area contributed by atoms with Crippen LogP contribution >= 0.6 is 0 Å². The van der Waals surface area contributed by atoms with Gasteiger partial charge in [0.1, 0.15) is 0 Å². The van der Waals surface area contributed by atoms with E-state index in [9.17, 15) is 13.2 Å². The van der Waals surface area contributed by atoms with E-state index in [1.54, 1.807) is 13.2 Å². The van der Waals surface area contributed by atoms with Crippen LogP contribution in [0.5, 0.6) is 0 Å². The number of benzene rings is 1. The lowest BCUT2D eigenvalue weighted by atomic mass is 9.89. The van der Waals surface area contributed by atoms with Gasteiger partial charge in [-0.1, -0.05) is 26.0 Å². The molecule has 0 heterocycles. The van der Waals surface area contributed by atoms with Crippen LogP contribution < -0.4 is 5.32 Å². The number of nitrogens with one attached hydrogen (secondary N) is 1. The molecule has 5 heteroatoms. The Morgan fingerprint density at radius 2 is 1.90 bits per heavy atom. The van der Waals surface area contributed by atoms with Crippen molar-refractivity contribution in [2.24, 2.45) is 5.41 Å². The maximum Gasteiger partial charge on any atom is 0.416 e. The standard InChI is InChI=1S/C16H24F3NO/c1-12(20-11-15(2,3)8-9-21-4)13-6-5-7-14(10-13)16(17,18)19/h5-7,10,12,20H,8-9,11H2,1-4H3. The first-order chi connectivity index (χ1) is 9.65. The molecule has 1 unspecified atom stereocenters. The molecule has 21 heavy (non-hydrogen) atoms.